The van der Waals surface area contributed by atoms with E-state index in [2.05, 4.69) is 42.6 Å². The van der Waals surface area contributed by atoms with Crippen LogP contribution in [0.1, 0.15) is 58.1 Å². The lowest BCUT2D eigenvalue weighted by atomic mass is 9.90. The number of hydrogen-bond donors (Lipinski definition) is 0. The minimum Gasteiger partial charge on any atom is -0.474 e. The van der Waals surface area contributed by atoms with Crippen molar-refractivity contribution >= 4 is 37.6 Å². The number of hydrogen-bond acceptors (Lipinski definition) is 7. The molecule has 2 aliphatic heterocycles. The van der Waals surface area contributed by atoms with Gasteiger partial charge in [-0.25, -0.2) is 15.0 Å². The maximum absolute atomic E-state index is 6.20. The Morgan fingerprint density at radius 3 is 2.79 bits per heavy atom. The molecule has 0 bridgehead atoms. The van der Waals surface area contributed by atoms with Gasteiger partial charge in [0.15, 0.2) is 0 Å². The van der Waals surface area contributed by atoms with Crippen molar-refractivity contribution in [3.63, 3.8) is 0 Å². The van der Waals surface area contributed by atoms with E-state index in [1.165, 1.54) is 24.0 Å². The molecule has 0 amide bonds. The largest absolute Gasteiger partial charge is 0.474 e. The van der Waals surface area contributed by atoms with E-state index in [9.17, 15) is 0 Å². The van der Waals surface area contributed by atoms with Gasteiger partial charge >= 0.3 is 0 Å². The molecule has 5 rings (SSSR count). The molecule has 154 valence electrons. The quantitative estimate of drug-likeness (QED) is 0.609. The molecule has 0 radical (unpaired) electrons. The zero-order chi connectivity index (χ0) is 20.2. The molecule has 1 saturated heterocycles. The van der Waals surface area contributed by atoms with Crippen molar-refractivity contribution in [3.05, 3.63) is 17.5 Å². The van der Waals surface area contributed by atoms with Crippen molar-refractivity contribution in [1.29, 1.82) is 0 Å². The second-order valence-electron chi connectivity index (χ2n) is 8.79. The molecule has 0 saturated carbocycles. The van der Waals surface area contributed by atoms with Gasteiger partial charge in [0.1, 0.15) is 21.7 Å². The highest BCUT2D eigenvalue weighted by Crippen LogP contribution is 2.44. The van der Waals surface area contributed by atoms with Gasteiger partial charge < -0.3 is 14.4 Å². The summed E-state index contributed by atoms with van der Waals surface area (Å²) in [6, 6.07) is 0. The maximum Gasteiger partial charge on any atom is 0.235 e. The molecular weight excluding hydrogens is 384 g/mol. The van der Waals surface area contributed by atoms with Crippen LogP contribution in [0.15, 0.2) is 6.33 Å². The highest BCUT2D eigenvalue weighted by atomic mass is 32.1. The van der Waals surface area contributed by atoms with E-state index in [0.717, 1.165) is 52.2 Å². The Morgan fingerprint density at radius 1 is 1.24 bits per heavy atom. The lowest BCUT2D eigenvalue weighted by Gasteiger charge is -2.34. The summed E-state index contributed by atoms with van der Waals surface area (Å²) < 4.78 is 13.3. The summed E-state index contributed by atoms with van der Waals surface area (Å²) in [4.78, 5) is 17.7. The first-order valence-electron chi connectivity index (χ1n) is 10.6. The van der Waals surface area contributed by atoms with Gasteiger partial charge in [-0.15, -0.1) is 11.3 Å². The van der Waals surface area contributed by atoms with Crippen LogP contribution in [0.3, 0.4) is 0 Å². The zero-order valence-electron chi connectivity index (χ0n) is 17.6. The second kappa shape index (κ2) is 7.06. The first-order chi connectivity index (χ1) is 14.0. The second-order valence-corrected chi connectivity index (χ2v) is 9.79. The van der Waals surface area contributed by atoms with E-state index >= 15 is 0 Å². The third-order valence-corrected chi connectivity index (χ3v) is 7.13. The summed E-state index contributed by atoms with van der Waals surface area (Å²) in [5, 5.41) is 1.16. The van der Waals surface area contributed by atoms with Gasteiger partial charge in [0.2, 0.25) is 5.88 Å². The van der Waals surface area contributed by atoms with E-state index in [1.807, 2.05) is 0 Å². The number of fused-ring (bicyclic) bond motifs is 5. The van der Waals surface area contributed by atoms with Gasteiger partial charge in [-0.3, -0.25) is 0 Å². The van der Waals surface area contributed by atoms with Crippen molar-refractivity contribution in [2.45, 2.75) is 71.7 Å². The molecule has 0 spiro atoms. The highest BCUT2D eigenvalue weighted by molar-refractivity contribution is 7.25. The third-order valence-electron chi connectivity index (χ3n) is 6.07. The van der Waals surface area contributed by atoms with Crippen LogP contribution in [0.2, 0.25) is 0 Å². The highest BCUT2D eigenvalue weighted by Gasteiger charge is 2.33. The average molecular weight is 413 g/mol. The van der Waals surface area contributed by atoms with Gasteiger partial charge in [0.05, 0.1) is 23.8 Å². The summed E-state index contributed by atoms with van der Waals surface area (Å²) in [6.07, 6.45) is 6.00. The summed E-state index contributed by atoms with van der Waals surface area (Å²) >= 11 is 1.66. The number of anilines is 1. The fourth-order valence-electron chi connectivity index (χ4n) is 4.32. The molecule has 7 heteroatoms. The van der Waals surface area contributed by atoms with Crippen LogP contribution in [0.4, 0.5) is 5.82 Å². The lowest BCUT2D eigenvalue weighted by molar-refractivity contribution is -0.0395. The van der Waals surface area contributed by atoms with E-state index < -0.39 is 0 Å². The van der Waals surface area contributed by atoms with Crippen molar-refractivity contribution in [1.82, 2.24) is 15.0 Å². The first-order valence-corrected chi connectivity index (χ1v) is 11.4. The van der Waals surface area contributed by atoms with Gasteiger partial charge in [0.25, 0.3) is 0 Å². The lowest BCUT2D eigenvalue weighted by Crippen LogP contribution is -2.33. The molecule has 1 atom stereocenters. The molecule has 0 aromatic carbocycles. The number of ether oxygens (including phenoxy) is 2. The molecule has 29 heavy (non-hydrogen) atoms. The summed E-state index contributed by atoms with van der Waals surface area (Å²) in [7, 11) is 0. The molecule has 3 aromatic rings. The molecule has 3 aromatic heterocycles. The minimum absolute atomic E-state index is 0.118. The molecule has 6 nitrogen and oxygen atoms in total. The zero-order valence-corrected chi connectivity index (χ0v) is 18.4. The Labute approximate surface area is 175 Å². The molecular formula is C22H28N4O2S. The Hall–Kier alpha value is -1.99. The standard InChI is InChI=1S/C22H28N4O2S/c1-5-13(2)28-20-18-17(23-12-24-20)16-14-10-22(3,4)27-11-15(14)19(25-21(16)29-18)26-8-6-7-9-26/h12-13H,5-11H2,1-4H3/t13-/m1/s1. The van der Waals surface area contributed by atoms with E-state index in [1.54, 1.807) is 17.7 Å². The van der Waals surface area contributed by atoms with Crippen LogP contribution < -0.4 is 9.64 Å². The Bertz CT molecular complexity index is 1070. The van der Waals surface area contributed by atoms with E-state index in [4.69, 9.17) is 14.5 Å². The minimum atomic E-state index is -0.194. The molecule has 0 unspecified atom stereocenters. The summed E-state index contributed by atoms with van der Waals surface area (Å²) in [5.74, 6) is 1.78. The predicted octanol–water partition coefficient (Wildman–Crippen LogP) is 4.87. The van der Waals surface area contributed by atoms with Gasteiger partial charge in [0, 0.05) is 30.5 Å². The van der Waals surface area contributed by atoms with Crippen LogP contribution in [-0.2, 0) is 17.8 Å². The van der Waals surface area contributed by atoms with Gasteiger partial charge in [-0.05, 0) is 45.6 Å². The number of pyridine rings is 1. The Morgan fingerprint density at radius 2 is 2.03 bits per heavy atom. The Balaban J connectivity index is 1.76. The SMILES string of the molecule is CC[C@@H](C)Oc1ncnc2c1sc1nc(N3CCCC3)c3c(c12)CC(C)(C)OC3. The summed E-state index contributed by atoms with van der Waals surface area (Å²) in [6.45, 7) is 11.3. The number of thiophene rings is 1. The van der Waals surface area contributed by atoms with E-state index in [0.29, 0.717) is 12.5 Å². The smallest absolute Gasteiger partial charge is 0.235 e. The van der Waals surface area contributed by atoms with Crippen LogP contribution >= 0.6 is 11.3 Å². The topological polar surface area (TPSA) is 60.4 Å². The third kappa shape index (κ3) is 3.24. The molecule has 5 heterocycles. The summed E-state index contributed by atoms with van der Waals surface area (Å²) in [5.41, 5.74) is 3.35. The van der Waals surface area contributed by atoms with Crippen LogP contribution in [0.25, 0.3) is 20.4 Å². The van der Waals surface area contributed by atoms with Crippen LogP contribution in [0, 0.1) is 0 Å². The van der Waals surface area contributed by atoms with Crippen LogP contribution in [0.5, 0.6) is 5.88 Å². The first kappa shape index (κ1) is 19.0. The number of nitrogens with zero attached hydrogens (tertiary/aromatic N) is 4. The van der Waals surface area contributed by atoms with Crippen molar-refractivity contribution in [3.8, 4) is 5.88 Å². The molecule has 2 aliphatic rings. The monoisotopic (exact) mass is 412 g/mol. The van der Waals surface area contributed by atoms with Gasteiger partial charge in [-0.1, -0.05) is 6.92 Å². The van der Waals surface area contributed by atoms with Crippen LogP contribution in [-0.4, -0.2) is 39.7 Å². The fourth-order valence-corrected chi connectivity index (χ4v) is 5.40. The Kier molecular flexibility index (Phi) is 4.62. The number of rotatable bonds is 4. The van der Waals surface area contributed by atoms with Crippen molar-refractivity contribution in [2.75, 3.05) is 18.0 Å². The molecule has 1 fully saturated rings. The fraction of sp³-hybridized carbons (Fsp3) is 0.591. The average Bonchev–Trinajstić information content (AvgIpc) is 3.34. The van der Waals surface area contributed by atoms with Gasteiger partial charge in [-0.2, -0.15) is 0 Å². The number of aromatic nitrogens is 3. The maximum atomic E-state index is 6.20. The molecule has 0 N–H and O–H groups in total. The van der Waals surface area contributed by atoms with Crippen molar-refractivity contribution in [2.24, 2.45) is 0 Å². The molecule has 0 aliphatic carbocycles. The predicted molar refractivity (Wildman–Crippen MR) is 117 cm³/mol. The normalized spacial score (nSPS) is 19.7. The van der Waals surface area contributed by atoms with Crippen molar-refractivity contribution < 1.29 is 9.47 Å². The van der Waals surface area contributed by atoms with E-state index in [-0.39, 0.29) is 11.7 Å².